The van der Waals surface area contributed by atoms with E-state index in [1.807, 2.05) is 30.2 Å². The summed E-state index contributed by atoms with van der Waals surface area (Å²) in [6.45, 7) is 3.15. The number of hydrogen-bond acceptors (Lipinski definition) is 3. The minimum absolute atomic E-state index is 0.145. The van der Waals surface area contributed by atoms with Crippen molar-refractivity contribution in [1.82, 2.24) is 20.1 Å². The standard InChI is InChI=1S/C17H20N4/c1-3-9-19-17(13-11-20-21(2)12-13)15-8-10-18-16-7-5-4-6-14(15)16/h4-8,10-12,17,19H,3,9H2,1-2H3. The van der Waals surface area contributed by atoms with Crippen LogP contribution in [-0.4, -0.2) is 21.3 Å². The predicted molar refractivity (Wildman–Crippen MR) is 85.1 cm³/mol. The van der Waals surface area contributed by atoms with E-state index in [2.05, 4.69) is 52.8 Å². The molecule has 1 unspecified atom stereocenters. The van der Waals surface area contributed by atoms with Gasteiger partial charge in [-0.05, 0) is 30.7 Å². The lowest BCUT2D eigenvalue weighted by Gasteiger charge is -2.19. The van der Waals surface area contributed by atoms with Crippen molar-refractivity contribution in [3.63, 3.8) is 0 Å². The molecule has 1 N–H and O–H groups in total. The average Bonchev–Trinajstić information content (AvgIpc) is 2.94. The molecule has 2 aromatic heterocycles. The van der Waals surface area contributed by atoms with Crippen molar-refractivity contribution in [2.45, 2.75) is 19.4 Å². The van der Waals surface area contributed by atoms with Crippen LogP contribution in [0.1, 0.15) is 30.5 Å². The molecule has 3 aromatic rings. The van der Waals surface area contributed by atoms with Crippen LogP contribution in [0.5, 0.6) is 0 Å². The van der Waals surface area contributed by atoms with Gasteiger partial charge in [0.25, 0.3) is 0 Å². The van der Waals surface area contributed by atoms with Crippen molar-refractivity contribution in [3.05, 3.63) is 60.0 Å². The van der Waals surface area contributed by atoms with Gasteiger partial charge in [0.15, 0.2) is 0 Å². The molecule has 0 spiro atoms. The van der Waals surface area contributed by atoms with E-state index < -0.39 is 0 Å². The van der Waals surface area contributed by atoms with Crippen LogP contribution in [0.3, 0.4) is 0 Å². The second-order valence-corrected chi connectivity index (χ2v) is 5.25. The van der Waals surface area contributed by atoms with E-state index in [0.29, 0.717) is 0 Å². The van der Waals surface area contributed by atoms with E-state index in [4.69, 9.17) is 0 Å². The SMILES string of the molecule is CCCNC(c1cnn(C)c1)c1ccnc2ccccc12. The van der Waals surface area contributed by atoms with E-state index in [1.54, 1.807) is 0 Å². The van der Waals surface area contributed by atoms with Gasteiger partial charge in [0.1, 0.15) is 0 Å². The van der Waals surface area contributed by atoms with E-state index in [-0.39, 0.29) is 6.04 Å². The van der Waals surface area contributed by atoms with Crippen LogP contribution in [-0.2, 0) is 7.05 Å². The van der Waals surface area contributed by atoms with E-state index in [1.165, 1.54) is 16.5 Å². The molecule has 21 heavy (non-hydrogen) atoms. The first-order valence-electron chi connectivity index (χ1n) is 7.35. The van der Waals surface area contributed by atoms with Crippen LogP contribution >= 0.6 is 0 Å². The Morgan fingerprint density at radius 3 is 2.86 bits per heavy atom. The summed E-state index contributed by atoms with van der Waals surface area (Å²) < 4.78 is 1.85. The first-order valence-corrected chi connectivity index (χ1v) is 7.35. The molecule has 0 radical (unpaired) electrons. The minimum atomic E-state index is 0.145. The largest absolute Gasteiger partial charge is 0.306 e. The van der Waals surface area contributed by atoms with Gasteiger partial charge in [-0.2, -0.15) is 5.10 Å². The van der Waals surface area contributed by atoms with Crippen LogP contribution in [0.15, 0.2) is 48.9 Å². The molecule has 0 saturated carbocycles. The highest BCUT2D eigenvalue weighted by molar-refractivity contribution is 5.82. The molecular formula is C17H20N4. The lowest BCUT2D eigenvalue weighted by Crippen LogP contribution is -2.23. The van der Waals surface area contributed by atoms with Gasteiger partial charge in [0, 0.05) is 30.4 Å². The smallest absolute Gasteiger partial charge is 0.0705 e. The summed E-state index contributed by atoms with van der Waals surface area (Å²) in [6.07, 6.45) is 6.99. The first-order chi connectivity index (χ1) is 10.3. The summed E-state index contributed by atoms with van der Waals surface area (Å²) in [5, 5.41) is 9.13. The van der Waals surface area contributed by atoms with Gasteiger partial charge in [0.2, 0.25) is 0 Å². The van der Waals surface area contributed by atoms with Gasteiger partial charge in [-0.1, -0.05) is 25.1 Å². The third kappa shape index (κ3) is 2.81. The fourth-order valence-corrected chi connectivity index (χ4v) is 2.65. The Labute approximate surface area is 124 Å². The molecule has 4 heteroatoms. The zero-order valence-electron chi connectivity index (χ0n) is 12.5. The van der Waals surface area contributed by atoms with Gasteiger partial charge < -0.3 is 5.32 Å². The summed E-state index contributed by atoms with van der Waals surface area (Å²) in [6, 6.07) is 10.5. The maximum absolute atomic E-state index is 4.45. The lowest BCUT2D eigenvalue weighted by molar-refractivity contribution is 0.600. The maximum Gasteiger partial charge on any atom is 0.0705 e. The Morgan fingerprint density at radius 2 is 2.10 bits per heavy atom. The first kappa shape index (κ1) is 13.8. The number of aryl methyl sites for hydroxylation is 1. The fraction of sp³-hybridized carbons (Fsp3) is 0.294. The minimum Gasteiger partial charge on any atom is -0.306 e. The van der Waals surface area contributed by atoms with E-state index in [9.17, 15) is 0 Å². The number of nitrogens with one attached hydrogen (secondary N) is 1. The Morgan fingerprint density at radius 1 is 1.24 bits per heavy atom. The molecule has 3 rings (SSSR count). The monoisotopic (exact) mass is 280 g/mol. The molecule has 1 aromatic carbocycles. The van der Waals surface area contributed by atoms with Crippen LogP contribution in [0.25, 0.3) is 10.9 Å². The number of aromatic nitrogens is 3. The highest BCUT2D eigenvalue weighted by Crippen LogP contribution is 2.27. The van der Waals surface area contributed by atoms with Gasteiger partial charge in [-0.3, -0.25) is 9.67 Å². The summed E-state index contributed by atoms with van der Waals surface area (Å²) in [5.41, 5.74) is 3.46. The second kappa shape index (κ2) is 6.06. The molecule has 0 aliphatic carbocycles. The second-order valence-electron chi connectivity index (χ2n) is 5.25. The summed E-state index contributed by atoms with van der Waals surface area (Å²) in [7, 11) is 1.95. The molecule has 108 valence electrons. The van der Waals surface area contributed by atoms with Crippen molar-refractivity contribution < 1.29 is 0 Å². The summed E-state index contributed by atoms with van der Waals surface area (Å²) in [4.78, 5) is 4.45. The molecule has 2 heterocycles. The predicted octanol–water partition coefficient (Wildman–Crippen LogP) is 3.06. The zero-order valence-corrected chi connectivity index (χ0v) is 12.5. The summed E-state index contributed by atoms with van der Waals surface area (Å²) >= 11 is 0. The number of rotatable bonds is 5. The van der Waals surface area contributed by atoms with Crippen LogP contribution < -0.4 is 5.32 Å². The van der Waals surface area contributed by atoms with Crippen molar-refractivity contribution >= 4 is 10.9 Å². The topological polar surface area (TPSA) is 42.7 Å². The van der Waals surface area contributed by atoms with Crippen LogP contribution in [0, 0.1) is 0 Å². The maximum atomic E-state index is 4.45. The van der Waals surface area contributed by atoms with Crippen molar-refractivity contribution in [3.8, 4) is 0 Å². The number of nitrogens with zero attached hydrogens (tertiary/aromatic N) is 3. The highest BCUT2D eigenvalue weighted by Gasteiger charge is 2.17. The number of pyridine rings is 1. The molecule has 0 saturated heterocycles. The van der Waals surface area contributed by atoms with Crippen LogP contribution in [0.4, 0.5) is 0 Å². The summed E-state index contributed by atoms with van der Waals surface area (Å²) in [5.74, 6) is 0. The van der Waals surface area contributed by atoms with Gasteiger partial charge in [-0.15, -0.1) is 0 Å². The Balaban J connectivity index is 2.09. The van der Waals surface area contributed by atoms with Crippen molar-refractivity contribution in [1.29, 1.82) is 0 Å². The van der Waals surface area contributed by atoms with Crippen molar-refractivity contribution in [2.24, 2.45) is 7.05 Å². The molecular weight excluding hydrogens is 260 g/mol. The molecule has 0 aliphatic heterocycles. The van der Waals surface area contributed by atoms with E-state index in [0.717, 1.165) is 18.5 Å². The molecule has 0 bridgehead atoms. The Hall–Kier alpha value is -2.20. The third-order valence-electron chi connectivity index (χ3n) is 3.65. The lowest BCUT2D eigenvalue weighted by atomic mass is 9.98. The molecule has 1 atom stereocenters. The molecule has 0 aliphatic rings. The van der Waals surface area contributed by atoms with Gasteiger partial charge in [-0.25, -0.2) is 0 Å². The van der Waals surface area contributed by atoms with Gasteiger partial charge in [0.05, 0.1) is 17.8 Å². The Bertz CT molecular complexity index is 727. The third-order valence-corrected chi connectivity index (χ3v) is 3.65. The Kier molecular flexibility index (Phi) is 3.97. The van der Waals surface area contributed by atoms with Crippen LogP contribution in [0.2, 0.25) is 0 Å². The highest BCUT2D eigenvalue weighted by atomic mass is 15.2. The normalized spacial score (nSPS) is 12.7. The fourth-order valence-electron chi connectivity index (χ4n) is 2.65. The number of fused-ring (bicyclic) bond motifs is 1. The number of benzene rings is 1. The molecule has 0 fully saturated rings. The number of para-hydroxylation sites is 1. The van der Waals surface area contributed by atoms with Crippen molar-refractivity contribution in [2.75, 3.05) is 6.54 Å². The zero-order chi connectivity index (χ0) is 14.7. The van der Waals surface area contributed by atoms with Gasteiger partial charge >= 0.3 is 0 Å². The van der Waals surface area contributed by atoms with E-state index >= 15 is 0 Å². The number of hydrogen-bond donors (Lipinski definition) is 1. The average molecular weight is 280 g/mol. The quantitative estimate of drug-likeness (QED) is 0.781. The molecule has 4 nitrogen and oxygen atoms in total. The molecule has 0 amide bonds.